The molecule has 0 bridgehead atoms. The van der Waals surface area contributed by atoms with Crippen molar-refractivity contribution in [3.05, 3.63) is 57.4 Å². The van der Waals surface area contributed by atoms with Gasteiger partial charge in [0.2, 0.25) is 0 Å². The van der Waals surface area contributed by atoms with E-state index in [0.29, 0.717) is 6.42 Å². The van der Waals surface area contributed by atoms with Crippen LogP contribution in [0.3, 0.4) is 0 Å². The van der Waals surface area contributed by atoms with Crippen molar-refractivity contribution in [2.45, 2.75) is 12.8 Å². The number of allylic oxidation sites excluding steroid dienone is 5. The van der Waals surface area contributed by atoms with Crippen LogP contribution in [-0.4, -0.2) is 47.2 Å². The van der Waals surface area contributed by atoms with E-state index < -0.39 is 0 Å². The number of ketones is 1. The van der Waals surface area contributed by atoms with Gasteiger partial charge in [0.15, 0.2) is 5.78 Å². The molecule has 5 rings (SSSR count). The van der Waals surface area contributed by atoms with Crippen molar-refractivity contribution in [3.63, 3.8) is 0 Å². The lowest BCUT2D eigenvalue weighted by Crippen LogP contribution is -2.36. The maximum atomic E-state index is 12.7. The number of rotatable bonds is 2. The number of carbonyl (C=O) groups is 1. The minimum Gasteiger partial charge on any atom is -0.378 e. The van der Waals surface area contributed by atoms with E-state index >= 15 is 0 Å². The molecule has 1 aromatic carbocycles. The normalized spacial score (nSPS) is 20.5. The first-order valence-corrected chi connectivity index (χ1v) is 9.63. The quantitative estimate of drug-likeness (QED) is 0.819. The zero-order valence-corrected chi connectivity index (χ0v) is 15.8. The molecule has 1 aromatic heterocycles. The van der Waals surface area contributed by atoms with Crippen molar-refractivity contribution in [3.8, 4) is 0 Å². The maximum Gasteiger partial charge on any atom is 0.184 e. The fraction of sp³-hybridized carbons (Fsp3) is 0.300. The van der Waals surface area contributed by atoms with Crippen LogP contribution in [0.2, 0.25) is 0 Å². The van der Waals surface area contributed by atoms with Gasteiger partial charge in [-0.15, -0.1) is 0 Å². The van der Waals surface area contributed by atoms with Crippen molar-refractivity contribution < 1.29 is 9.53 Å². The molecule has 2 heterocycles. The predicted molar refractivity (Wildman–Crippen MR) is 104 cm³/mol. The summed E-state index contributed by atoms with van der Waals surface area (Å²) in [6.07, 6.45) is 7.37. The average molecular weight is 412 g/mol. The second-order valence-corrected chi connectivity index (χ2v) is 7.70. The lowest BCUT2D eigenvalue weighted by molar-refractivity contribution is -0.111. The fourth-order valence-electron chi connectivity index (χ4n) is 4.03. The molecule has 0 radical (unpaired) electrons. The molecule has 26 heavy (non-hydrogen) atoms. The third-order valence-electron chi connectivity index (χ3n) is 5.39. The lowest BCUT2D eigenvalue weighted by atomic mass is 9.89. The number of benzene rings is 1. The summed E-state index contributed by atoms with van der Waals surface area (Å²) in [6.45, 7) is 3.16. The highest BCUT2D eigenvalue weighted by molar-refractivity contribution is 9.10. The van der Waals surface area contributed by atoms with E-state index in [1.165, 1.54) is 11.1 Å². The van der Waals surface area contributed by atoms with Gasteiger partial charge in [0.25, 0.3) is 0 Å². The summed E-state index contributed by atoms with van der Waals surface area (Å²) < 4.78 is 6.47. The second kappa shape index (κ2) is 6.21. The highest BCUT2D eigenvalue weighted by Gasteiger charge is 2.30. The van der Waals surface area contributed by atoms with Crippen LogP contribution < -0.4 is 0 Å². The van der Waals surface area contributed by atoms with Crippen molar-refractivity contribution in [2.75, 3.05) is 26.3 Å². The SMILES string of the molecule is O=C1C=C(N2CCOCC2)CC2=C1CC=C2c1cc2cn[nH]c2cc1Br. The zero-order valence-electron chi connectivity index (χ0n) is 14.2. The monoisotopic (exact) mass is 411 g/mol. The van der Waals surface area contributed by atoms with Crippen molar-refractivity contribution in [1.29, 1.82) is 0 Å². The maximum absolute atomic E-state index is 12.7. The summed E-state index contributed by atoms with van der Waals surface area (Å²) in [5.41, 5.74) is 6.52. The number of aromatic amines is 1. The Morgan fingerprint density at radius 3 is 2.88 bits per heavy atom. The molecular formula is C20H18BrN3O2. The molecule has 1 fully saturated rings. The molecule has 1 saturated heterocycles. The van der Waals surface area contributed by atoms with Crippen LogP contribution in [0.15, 0.2) is 51.8 Å². The Labute approximate surface area is 159 Å². The van der Waals surface area contributed by atoms with Crippen molar-refractivity contribution >= 4 is 38.2 Å². The molecule has 2 aromatic rings. The van der Waals surface area contributed by atoms with E-state index in [4.69, 9.17) is 4.74 Å². The van der Waals surface area contributed by atoms with Crippen LogP contribution in [0, 0.1) is 0 Å². The second-order valence-electron chi connectivity index (χ2n) is 6.84. The van der Waals surface area contributed by atoms with Gasteiger partial charge in [-0.2, -0.15) is 5.10 Å². The number of halogens is 1. The third-order valence-corrected chi connectivity index (χ3v) is 6.04. The molecule has 6 heteroatoms. The molecule has 0 amide bonds. The first kappa shape index (κ1) is 16.0. The van der Waals surface area contributed by atoms with E-state index in [2.05, 4.69) is 49.2 Å². The Morgan fingerprint density at radius 2 is 2.04 bits per heavy atom. The number of aromatic nitrogens is 2. The van der Waals surface area contributed by atoms with Gasteiger partial charge in [0, 0.05) is 46.7 Å². The third kappa shape index (κ3) is 2.56. The molecule has 0 saturated carbocycles. The first-order valence-electron chi connectivity index (χ1n) is 8.84. The van der Waals surface area contributed by atoms with Crippen LogP contribution in [-0.2, 0) is 9.53 Å². The first-order chi connectivity index (χ1) is 12.7. The van der Waals surface area contributed by atoms with Crippen LogP contribution in [0.25, 0.3) is 16.5 Å². The van der Waals surface area contributed by atoms with E-state index in [1.807, 2.05) is 12.3 Å². The summed E-state index contributed by atoms with van der Waals surface area (Å²) in [5, 5.41) is 8.19. The Kier molecular flexibility index (Phi) is 3.83. The Hall–Kier alpha value is -2.18. The van der Waals surface area contributed by atoms with Gasteiger partial charge in [-0.3, -0.25) is 9.89 Å². The number of carbonyl (C=O) groups excluding carboxylic acids is 1. The summed E-state index contributed by atoms with van der Waals surface area (Å²) in [4.78, 5) is 15.0. The molecule has 5 nitrogen and oxygen atoms in total. The molecule has 1 aliphatic heterocycles. The standard InChI is InChI=1S/C20H18BrN3O2/c21-18-10-19-12(11-22-23-19)7-17(18)14-1-2-15-16(14)8-13(9-20(15)25)24-3-5-26-6-4-24/h1,7,9-11H,2-6,8H2,(H,22,23). The molecule has 0 spiro atoms. The van der Waals surface area contributed by atoms with Crippen LogP contribution in [0.4, 0.5) is 0 Å². The molecule has 0 atom stereocenters. The van der Waals surface area contributed by atoms with Gasteiger partial charge in [-0.1, -0.05) is 22.0 Å². The molecule has 2 aliphatic carbocycles. The van der Waals surface area contributed by atoms with E-state index in [-0.39, 0.29) is 5.78 Å². The predicted octanol–water partition coefficient (Wildman–Crippen LogP) is 3.60. The Balaban J connectivity index is 1.51. The van der Waals surface area contributed by atoms with Crippen molar-refractivity contribution in [2.24, 2.45) is 0 Å². The van der Waals surface area contributed by atoms with Crippen LogP contribution in [0.5, 0.6) is 0 Å². The minimum absolute atomic E-state index is 0.152. The zero-order chi connectivity index (χ0) is 17.7. The molecule has 132 valence electrons. The number of fused-ring (bicyclic) bond motifs is 1. The molecule has 1 N–H and O–H groups in total. The topological polar surface area (TPSA) is 58.2 Å². The number of hydrogen-bond acceptors (Lipinski definition) is 4. The minimum atomic E-state index is 0.152. The highest BCUT2D eigenvalue weighted by atomic mass is 79.9. The number of nitrogens with one attached hydrogen (secondary N) is 1. The summed E-state index contributed by atoms with van der Waals surface area (Å²) in [7, 11) is 0. The average Bonchev–Trinajstić information content (AvgIpc) is 3.28. The van der Waals surface area contributed by atoms with Gasteiger partial charge in [0.1, 0.15) is 0 Å². The summed E-state index contributed by atoms with van der Waals surface area (Å²) >= 11 is 3.70. The van der Waals surface area contributed by atoms with Gasteiger partial charge >= 0.3 is 0 Å². The number of nitrogens with zero attached hydrogens (tertiary/aromatic N) is 2. The van der Waals surface area contributed by atoms with Gasteiger partial charge in [-0.25, -0.2) is 0 Å². The summed E-state index contributed by atoms with van der Waals surface area (Å²) in [6, 6.07) is 4.20. The van der Waals surface area contributed by atoms with E-state index in [0.717, 1.165) is 64.9 Å². The Morgan fingerprint density at radius 1 is 1.19 bits per heavy atom. The van der Waals surface area contributed by atoms with Gasteiger partial charge < -0.3 is 9.64 Å². The van der Waals surface area contributed by atoms with Gasteiger partial charge in [-0.05, 0) is 35.3 Å². The van der Waals surface area contributed by atoms with E-state index in [1.54, 1.807) is 0 Å². The summed E-state index contributed by atoms with van der Waals surface area (Å²) in [5.74, 6) is 0.152. The van der Waals surface area contributed by atoms with Gasteiger partial charge in [0.05, 0.1) is 24.9 Å². The number of ether oxygens (including phenoxy) is 1. The number of morpholine rings is 1. The molecule has 0 unspecified atom stereocenters. The smallest absolute Gasteiger partial charge is 0.184 e. The van der Waals surface area contributed by atoms with Crippen LogP contribution in [0.1, 0.15) is 18.4 Å². The highest BCUT2D eigenvalue weighted by Crippen LogP contribution is 2.43. The Bertz CT molecular complexity index is 1010. The fourth-order valence-corrected chi connectivity index (χ4v) is 4.59. The molecule has 3 aliphatic rings. The van der Waals surface area contributed by atoms with Crippen molar-refractivity contribution in [1.82, 2.24) is 15.1 Å². The molecular weight excluding hydrogens is 394 g/mol. The lowest BCUT2D eigenvalue weighted by Gasteiger charge is -2.33. The largest absolute Gasteiger partial charge is 0.378 e. The van der Waals surface area contributed by atoms with Crippen LogP contribution >= 0.6 is 15.9 Å². The van der Waals surface area contributed by atoms with E-state index in [9.17, 15) is 4.79 Å². The number of H-pyrrole nitrogens is 1. The number of hydrogen-bond donors (Lipinski definition) is 1.